The molecule has 114 valence electrons. The molecule has 0 aliphatic carbocycles. The lowest BCUT2D eigenvalue weighted by Crippen LogP contribution is -2.40. The molecule has 1 heterocycles. The van der Waals surface area contributed by atoms with Crippen molar-refractivity contribution in [3.63, 3.8) is 0 Å². The molecule has 0 atom stereocenters. The Kier molecular flexibility index (Phi) is 6.30. The van der Waals surface area contributed by atoms with Gasteiger partial charge in [0, 0.05) is 12.6 Å². The summed E-state index contributed by atoms with van der Waals surface area (Å²) in [5.41, 5.74) is 0.362. The van der Waals surface area contributed by atoms with Gasteiger partial charge in [0.05, 0.1) is 5.56 Å². The molecule has 2 nitrogen and oxygen atoms in total. The highest BCUT2D eigenvalue weighted by Gasteiger charge is 2.30. The van der Waals surface area contributed by atoms with Crippen molar-refractivity contribution in [3.05, 3.63) is 35.4 Å². The van der Waals surface area contributed by atoms with Crippen LogP contribution in [0.25, 0.3) is 0 Å². The van der Waals surface area contributed by atoms with Crippen molar-refractivity contribution in [3.8, 4) is 0 Å². The van der Waals surface area contributed by atoms with Gasteiger partial charge in [0.2, 0.25) is 0 Å². The second-order valence-corrected chi connectivity index (χ2v) is 5.03. The molecular formula is C14H20ClF3N2. The largest absolute Gasteiger partial charge is 0.416 e. The summed E-state index contributed by atoms with van der Waals surface area (Å²) >= 11 is 0. The smallest absolute Gasteiger partial charge is 0.317 e. The van der Waals surface area contributed by atoms with Gasteiger partial charge in [-0.15, -0.1) is 12.4 Å². The number of likely N-dealkylation sites (tertiary alicyclic amines) is 1. The molecule has 20 heavy (non-hydrogen) atoms. The lowest BCUT2D eigenvalue weighted by molar-refractivity contribution is -0.137. The van der Waals surface area contributed by atoms with Crippen molar-refractivity contribution in [2.45, 2.75) is 31.6 Å². The molecule has 0 radical (unpaired) electrons. The van der Waals surface area contributed by atoms with Gasteiger partial charge in [0.1, 0.15) is 0 Å². The molecule has 0 saturated carbocycles. The van der Waals surface area contributed by atoms with Crippen molar-refractivity contribution >= 4 is 12.4 Å². The van der Waals surface area contributed by atoms with Gasteiger partial charge in [0.25, 0.3) is 0 Å². The zero-order chi connectivity index (χ0) is 13.9. The molecule has 0 amide bonds. The van der Waals surface area contributed by atoms with Crippen LogP contribution in [0.3, 0.4) is 0 Å². The Morgan fingerprint density at radius 1 is 1.15 bits per heavy atom. The van der Waals surface area contributed by atoms with E-state index in [0.717, 1.165) is 50.2 Å². The molecule has 0 bridgehead atoms. The van der Waals surface area contributed by atoms with Crippen LogP contribution in [0.1, 0.15) is 24.0 Å². The Bertz CT molecular complexity index is 398. The fourth-order valence-electron chi connectivity index (χ4n) is 2.44. The number of hydrogen-bond acceptors (Lipinski definition) is 2. The predicted octanol–water partition coefficient (Wildman–Crippen LogP) is 3.31. The van der Waals surface area contributed by atoms with Crippen LogP contribution in [0.15, 0.2) is 24.3 Å². The summed E-state index contributed by atoms with van der Waals surface area (Å²) in [5.74, 6) is 0. The van der Waals surface area contributed by atoms with Crippen LogP contribution in [-0.4, -0.2) is 31.1 Å². The molecule has 0 unspecified atom stereocenters. The van der Waals surface area contributed by atoms with Crippen LogP contribution in [0.4, 0.5) is 13.2 Å². The highest BCUT2D eigenvalue weighted by Crippen LogP contribution is 2.29. The highest BCUT2D eigenvalue weighted by atomic mass is 35.5. The number of halogens is 4. The standard InChI is InChI=1S/C14H19F3N2.ClH/c1-18-13-6-8-19(9-7-13)10-11-2-4-12(5-3-11)14(15,16)17;/h2-5,13,18H,6-10H2,1H3;1H. The Morgan fingerprint density at radius 3 is 2.15 bits per heavy atom. The van der Waals surface area contributed by atoms with E-state index in [-0.39, 0.29) is 12.4 Å². The van der Waals surface area contributed by atoms with E-state index >= 15 is 0 Å². The Morgan fingerprint density at radius 2 is 1.70 bits per heavy atom. The Labute approximate surface area is 123 Å². The summed E-state index contributed by atoms with van der Waals surface area (Å²) in [6.45, 7) is 2.72. The molecule has 1 saturated heterocycles. The highest BCUT2D eigenvalue weighted by molar-refractivity contribution is 5.85. The van der Waals surface area contributed by atoms with Crippen molar-refractivity contribution < 1.29 is 13.2 Å². The van der Waals surface area contributed by atoms with Gasteiger partial charge >= 0.3 is 6.18 Å². The third-order valence-electron chi connectivity index (χ3n) is 3.68. The van der Waals surface area contributed by atoms with Crippen molar-refractivity contribution in [1.29, 1.82) is 0 Å². The molecular weight excluding hydrogens is 289 g/mol. The van der Waals surface area contributed by atoms with Gasteiger partial charge in [-0.1, -0.05) is 12.1 Å². The van der Waals surface area contributed by atoms with Gasteiger partial charge in [-0.2, -0.15) is 13.2 Å². The molecule has 1 aromatic carbocycles. The van der Waals surface area contributed by atoms with Crippen molar-refractivity contribution in [2.24, 2.45) is 0 Å². The fourth-order valence-corrected chi connectivity index (χ4v) is 2.44. The molecule has 1 N–H and O–H groups in total. The first-order chi connectivity index (χ1) is 8.99. The number of nitrogens with one attached hydrogen (secondary N) is 1. The maximum absolute atomic E-state index is 12.4. The van der Waals surface area contributed by atoms with Crippen LogP contribution in [0.2, 0.25) is 0 Å². The number of hydrogen-bond donors (Lipinski definition) is 1. The average molecular weight is 309 g/mol. The van der Waals surface area contributed by atoms with Crippen LogP contribution >= 0.6 is 12.4 Å². The number of nitrogens with zero attached hydrogens (tertiary/aromatic N) is 1. The van der Waals surface area contributed by atoms with Crippen molar-refractivity contribution in [1.82, 2.24) is 10.2 Å². The van der Waals surface area contributed by atoms with E-state index in [9.17, 15) is 13.2 Å². The van der Waals surface area contributed by atoms with Crippen LogP contribution in [0.5, 0.6) is 0 Å². The molecule has 1 aromatic rings. The van der Waals surface area contributed by atoms with Crippen LogP contribution in [0, 0.1) is 0 Å². The third kappa shape index (κ3) is 4.65. The van der Waals surface area contributed by atoms with Crippen LogP contribution in [-0.2, 0) is 12.7 Å². The second kappa shape index (κ2) is 7.29. The molecule has 0 spiro atoms. The summed E-state index contributed by atoms with van der Waals surface area (Å²) < 4.78 is 37.3. The third-order valence-corrected chi connectivity index (χ3v) is 3.68. The van der Waals surface area contributed by atoms with E-state index < -0.39 is 11.7 Å². The monoisotopic (exact) mass is 308 g/mol. The molecule has 6 heteroatoms. The quantitative estimate of drug-likeness (QED) is 0.921. The minimum absolute atomic E-state index is 0. The number of rotatable bonds is 3. The van der Waals surface area contributed by atoms with Gasteiger partial charge < -0.3 is 5.32 Å². The number of piperidine rings is 1. The van der Waals surface area contributed by atoms with E-state index in [4.69, 9.17) is 0 Å². The second-order valence-electron chi connectivity index (χ2n) is 5.03. The topological polar surface area (TPSA) is 15.3 Å². The van der Waals surface area contributed by atoms with Crippen LogP contribution < -0.4 is 5.32 Å². The van der Waals surface area contributed by atoms with E-state index in [1.165, 1.54) is 0 Å². The first-order valence-corrected chi connectivity index (χ1v) is 6.55. The van der Waals surface area contributed by atoms with Gasteiger partial charge in [-0.3, -0.25) is 4.90 Å². The van der Waals surface area contributed by atoms with E-state index in [0.29, 0.717) is 6.04 Å². The minimum atomic E-state index is -4.25. The summed E-state index contributed by atoms with van der Waals surface area (Å²) in [6.07, 6.45) is -2.06. The lowest BCUT2D eigenvalue weighted by Gasteiger charge is -2.31. The lowest BCUT2D eigenvalue weighted by atomic mass is 10.0. The molecule has 2 rings (SSSR count). The zero-order valence-electron chi connectivity index (χ0n) is 11.4. The van der Waals surface area contributed by atoms with Gasteiger partial charge in [0.15, 0.2) is 0 Å². The average Bonchev–Trinajstić information content (AvgIpc) is 2.39. The van der Waals surface area contributed by atoms with Gasteiger partial charge in [-0.05, 0) is 50.7 Å². The maximum Gasteiger partial charge on any atom is 0.416 e. The molecule has 1 aliphatic rings. The van der Waals surface area contributed by atoms with E-state index in [1.807, 2.05) is 7.05 Å². The van der Waals surface area contributed by atoms with E-state index in [1.54, 1.807) is 12.1 Å². The Hall–Kier alpha value is -0.780. The normalized spacial score (nSPS) is 17.8. The van der Waals surface area contributed by atoms with Crippen molar-refractivity contribution in [2.75, 3.05) is 20.1 Å². The fraction of sp³-hybridized carbons (Fsp3) is 0.571. The first kappa shape index (κ1) is 17.3. The SMILES string of the molecule is CNC1CCN(Cc2ccc(C(F)(F)F)cc2)CC1.Cl. The Balaban J connectivity index is 0.00000200. The maximum atomic E-state index is 12.4. The molecule has 0 aromatic heterocycles. The first-order valence-electron chi connectivity index (χ1n) is 6.55. The minimum Gasteiger partial charge on any atom is -0.317 e. The molecule has 1 aliphatic heterocycles. The van der Waals surface area contributed by atoms with E-state index in [2.05, 4.69) is 10.2 Å². The van der Waals surface area contributed by atoms with Gasteiger partial charge in [-0.25, -0.2) is 0 Å². The summed E-state index contributed by atoms with van der Waals surface area (Å²) in [4.78, 5) is 2.29. The summed E-state index contributed by atoms with van der Waals surface area (Å²) in [6, 6.07) is 6.05. The number of benzene rings is 1. The zero-order valence-corrected chi connectivity index (χ0v) is 12.2. The molecule has 1 fully saturated rings. The summed E-state index contributed by atoms with van der Waals surface area (Å²) in [7, 11) is 1.97. The summed E-state index contributed by atoms with van der Waals surface area (Å²) in [5, 5.41) is 3.26. The number of alkyl halides is 3. The predicted molar refractivity (Wildman–Crippen MR) is 76.1 cm³/mol.